The Morgan fingerprint density at radius 1 is 1.38 bits per heavy atom. The van der Waals surface area contributed by atoms with E-state index in [1.807, 2.05) is 0 Å². The second-order valence-electron chi connectivity index (χ2n) is 7.25. The molecule has 12 heteroatoms. The molecule has 0 radical (unpaired) electrons. The average Bonchev–Trinajstić information content (AvgIpc) is 2.72. The van der Waals surface area contributed by atoms with E-state index in [2.05, 4.69) is 32.0 Å². The summed E-state index contributed by atoms with van der Waals surface area (Å²) in [5.74, 6) is -1.31. The Balaban J connectivity index is 0.00000512. The summed E-state index contributed by atoms with van der Waals surface area (Å²) < 4.78 is 18.4. The molecule has 1 aliphatic heterocycles. The van der Waals surface area contributed by atoms with Gasteiger partial charge in [0.2, 0.25) is 5.91 Å². The fourth-order valence-electron chi connectivity index (χ4n) is 3.10. The SMILES string of the molecule is [CH-]=NN=[C-]C(=O)NC(C)(C)C1=NC(C(=O)NCc2ccc(F)cc2)C(OC)C(=N)N1C.[U+2]. The van der Waals surface area contributed by atoms with Crippen molar-refractivity contribution in [1.29, 1.82) is 5.41 Å². The van der Waals surface area contributed by atoms with Gasteiger partial charge in [-0.3, -0.25) is 21.4 Å². The molecule has 0 aliphatic carbocycles. The van der Waals surface area contributed by atoms with Crippen molar-refractivity contribution >= 4 is 36.4 Å². The number of carbonyl (C=O) groups excluding carboxylic acids is 2. The van der Waals surface area contributed by atoms with Crippen molar-refractivity contribution in [2.24, 2.45) is 15.2 Å². The third kappa shape index (κ3) is 6.79. The van der Waals surface area contributed by atoms with Crippen molar-refractivity contribution in [2.45, 2.75) is 38.1 Å². The predicted molar refractivity (Wildman–Crippen MR) is 114 cm³/mol. The van der Waals surface area contributed by atoms with Gasteiger partial charge in [0.15, 0.2) is 6.04 Å². The number of likely N-dealkylation sites (N-methyl/N-ethyl adjacent to an activating group) is 1. The molecule has 0 bridgehead atoms. The molecule has 2 rings (SSSR count). The molecule has 0 spiro atoms. The summed E-state index contributed by atoms with van der Waals surface area (Å²) in [6, 6.07) is 4.63. The molecule has 168 valence electrons. The first-order valence-corrected chi connectivity index (χ1v) is 9.24. The maximum absolute atomic E-state index is 13.1. The number of methoxy groups -OCH3 is 1. The monoisotopic (exact) mass is 667 g/mol. The van der Waals surface area contributed by atoms with Crippen molar-refractivity contribution in [2.75, 3.05) is 14.2 Å². The number of halogens is 1. The van der Waals surface area contributed by atoms with Crippen LogP contribution in [0.3, 0.4) is 0 Å². The Bertz CT molecular complexity index is 918. The van der Waals surface area contributed by atoms with E-state index >= 15 is 0 Å². The number of benzene rings is 1. The van der Waals surface area contributed by atoms with Crippen LogP contribution in [0.15, 0.2) is 39.5 Å². The maximum atomic E-state index is 13.1. The number of amides is 2. The second-order valence-corrected chi connectivity index (χ2v) is 7.25. The van der Waals surface area contributed by atoms with Crippen molar-refractivity contribution in [1.82, 2.24) is 15.5 Å². The summed E-state index contributed by atoms with van der Waals surface area (Å²) >= 11 is 0. The molecule has 1 aromatic carbocycles. The summed E-state index contributed by atoms with van der Waals surface area (Å²) in [6.07, 6.45) is 1.14. The average molecular weight is 667 g/mol. The van der Waals surface area contributed by atoms with Gasteiger partial charge in [-0.15, -0.1) is 0 Å². The van der Waals surface area contributed by atoms with Gasteiger partial charge in [-0.1, -0.05) is 12.1 Å². The minimum Gasteiger partial charge on any atom is -0.416 e. The minimum atomic E-state index is -1.09. The molecule has 3 N–H and O–H groups in total. The fourth-order valence-corrected chi connectivity index (χ4v) is 3.10. The minimum absolute atomic E-state index is 0. The van der Waals surface area contributed by atoms with E-state index in [1.54, 1.807) is 33.0 Å². The largest absolute Gasteiger partial charge is 2.00 e. The van der Waals surface area contributed by atoms with E-state index in [9.17, 15) is 14.0 Å². The van der Waals surface area contributed by atoms with E-state index in [0.29, 0.717) is 5.56 Å². The van der Waals surface area contributed by atoms with Crippen LogP contribution in [0.4, 0.5) is 4.39 Å². The van der Waals surface area contributed by atoms with Gasteiger partial charge in [0, 0.05) is 20.7 Å². The normalized spacial score (nSPS) is 18.6. The molecule has 1 heterocycles. The van der Waals surface area contributed by atoms with Crippen molar-refractivity contribution in [3.63, 3.8) is 0 Å². The van der Waals surface area contributed by atoms with Gasteiger partial charge in [-0.05, 0) is 31.5 Å². The molecule has 2 atom stereocenters. The number of nitrogens with zero attached hydrogens (tertiary/aromatic N) is 4. The van der Waals surface area contributed by atoms with Gasteiger partial charge in [0.25, 0.3) is 0 Å². The number of hydrogen-bond donors (Lipinski definition) is 3. The van der Waals surface area contributed by atoms with Gasteiger partial charge in [-0.25, -0.2) is 4.39 Å². The molecule has 0 fully saturated rings. The van der Waals surface area contributed by atoms with E-state index in [0.717, 1.165) is 0 Å². The summed E-state index contributed by atoms with van der Waals surface area (Å²) in [5.41, 5.74) is -0.396. The molecule has 2 amide bonds. The molecule has 32 heavy (non-hydrogen) atoms. The van der Waals surface area contributed by atoms with Crippen LogP contribution < -0.4 is 10.6 Å². The van der Waals surface area contributed by atoms with Crippen molar-refractivity contribution < 1.29 is 49.8 Å². The quantitative estimate of drug-likeness (QED) is 0.212. The molecule has 0 saturated heterocycles. The van der Waals surface area contributed by atoms with Gasteiger partial charge < -0.3 is 42.0 Å². The molecular weight excluding hydrogens is 643 g/mol. The Morgan fingerprint density at radius 3 is 2.56 bits per heavy atom. The molecule has 10 nitrogen and oxygen atoms in total. The van der Waals surface area contributed by atoms with E-state index in [1.165, 1.54) is 24.1 Å². The van der Waals surface area contributed by atoms with Crippen LogP contribution in [0.2, 0.25) is 0 Å². The number of hydrogen-bond acceptors (Lipinski definition) is 7. The molecular formula is C20H24FN7O3U. The summed E-state index contributed by atoms with van der Waals surface area (Å²) in [6.45, 7) is 8.31. The first-order valence-electron chi connectivity index (χ1n) is 9.24. The smallest absolute Gasteiger partial charge is 0.416 e. The molecule has 2 unspecified atom stereocenters. The van der Waals surface area contributed by atoms with Crippen LogP contribution in [-0.2, 0) is 20.9 Å². The van der Waals surface area contributed by atoms with Crippen LogP contribution in [-0.4, -0.2) is 73.2 Å². The zero-order chi connectivity index (χ0) is 23.2. The molecule has 1 aliphatic rings. The second kappa shape index (κ2) is 12.0. The third-order valence-corrected chi connectivity index (χ3v) is 4.59. The Kier molecular flexibility index (Phi) is 10.3. The van der Waals surface area contributed by atoms with Crippen molar-refractivity contribution in [3.8, 4) is 0 Å². The summed E-state index contributed by atoms with van der Waals surface area (Å²) in [5, 5.41) is 19.9. The number of nitrogens with one attached hydrogen (secondary N) is 3. The number of aliphatic imine (C=N–C) groups is 1. The summed E-state index contributed by atoms with van der Waals surface area (Å²) in [7, 11) is 2.96. The number of ether oxygens (including phenoxy) is 1. The van der Waals surface area contributed by atoms with Gasteiger partial charge in [0.1, 0.15) is 23.6 Å². The maximum Gasteiger partial charge on any atom is 2.00 e. The van der Waals surface area contributed by atoms with E-state index in [4.69, 9.17) is 16.9 Å². The number of rotatable bonds is 8. The van der Waals surface area contributed by atoms with Crippen LogP contribution in [0.25, 0.3) is 0 Å². The first kappa shape index (κ1) is 27.6. The van der Waals surface area contributed by atoms with Crippen LogP contribution in [0.5, 0.6) is 0 Å². The number of carbonyl (C=O) groups is 2. The van der Waals surface area contributed by atoms with Gasteiger partial charge >= 0.3 is 31.1 Å². The fraction of sp³-hybridized carbons (Fsp3) is 0.400. The van der Waals surface area contributed by atoms with Crippen LogP contribution in [0.1, 0.15) is 19.4 Å². The van der Waals surface area contributed by atoms with E-state index < -0.39 is 29.5 Å². The van der Waals surface area contributed by atoms with Gasteiger partial charge in [-0.2, -0.15) is 0 Å². The molecule has 0 aromatic heterocycles. The zero-order valence-electron chi connectivity index (χ0n) is 18.1. The van der Waals surface area contributed by atoms with Crippen molar-refractivity contribution in [3.05, 3.63) is 35.6 Å². The third-order valence-electron chi connectivity index (χ3n) is 4.59. The predicted octanol–water partition coefficient (Wildman–Crippen LogP) is 0.482. The standard InChI is InChI=1S/C20H24FN7O3.U/c1-20(2,27-14(29)11-25-23-3)19-26-15(16(31-5)17(22)28(19)4)18(30)24-10-12-6-8-13(21)9-7-12;/h3,6-9,15-16,22H,10H2,1-2,4-5H3,(H,24,30)(H,27,29);/q-2;+2. The van der Waals surface area contributed by atoms with Crippen LogP contribution in [0, 0.1) is 42.3 Å². The summed E-state index contributed by atoms with van der Waals surface area (Å²) in [4.78, 5) is 30.8. The number of amidine groups is 2. The Morgan fingerprint density at radius 2 is 2.00 bits per heavy atom. The first-order chi connectivity index (χ1) is 14.6. The zero-order valence-corrected chi connectivity index (χ0v) is 22.3. The van der Waals surface area contributed by atoms with Crippen LogP contribution >= 0.6 is 0 Å². The Hall–Kier alpha value is -2.42. The molecule has 1 aromatic rings. The topological polar surface area (TPSA) is 132 Å². The van der Waals surface area contributed by atoms with Gasteiger partial charge in [0.05, 0.1) is 11.4 Å². The Labute approximate surface area is 209 Å². The molecule has 0 saturated carbocycles. The van der Waals surface area contributed by atoms with E-state index in [-0.39, 0.29) is 55.1 Å².